The summed E-state index contributed by atoms with van der Waals surface area (Å²) in [6.45, 7) is 2.31. The number of nitrogens with one attached hydrogen (secondary N) is 2. The number of benzene rings is 2. The van der Waals surface area contributed by atoms with E-state index in [9.17, 15) is 9.59 Å². The Bertz CT molecular complexity index is 794. The summed E-state index contributed by atoms with van der Waals surface area (Å²) >= 11 is 0. The van der Waals surface area contributed by atoms with Gasteiger partial charge in [-0.15, -0.1) is 0 Å². The summed E-state index contributed by atoms with van der Waals surface area (Å²) in [5.74, 6) is -0.401. The first-order valence-electron chi connectivity index (χ1n) is 8.16. The SMILES string of the molecule is Cc1ccccc1CCC(=O)Nc1ccccc1CNC(=O)CC#N. The molecule has 0 heterocycles. The highest BCUT2D eigenvalue weighted by atomic mass is 16.2. The zero-order valence-electron chi connectivity index (χ0n) is 14.2. The molecule has 0 saturated heterocycles. The van der Waals surface area contributed by atoms with Crippen LogP contribution in [0.3, 0.4) is 0 Å². The molecule has 128 valence electrons. The van der Waals surface area contributed by atoms with Crippen molar-refractivity contribution in [2.75, 3.05) is 5.32 Å². The largest absolute Gasteiger partial charge is 0.351 e. The van der Waals surface area contributed by atoms with Gasteiger partial charge in [0.25, 0.3) is 0 Å². The van der Waals surface area contributed by atoms with Crippen LogP contribution in [-0.4, -0.2) is 11.8 Å². The Labute approximate surface area is 147 Å². The fraction of sp³-hybridized carbons (Fsp3) is 0.250. The summed E-state index contributed by atoms with van der Waals surface area (Å²) in [6.07, 6.45) is 0.893. The van der Waals surface area contributed by atoms with E-state index >= 15 is 0 Å². The van der Waals surface area contributed by atoms with Gasteiger partial charge in [-0.2, -0.15) is 5.26 Å². The van der Waals surface area contributed by atoms with Gasteiger partial charge in [0.05, 0.1) is 6.07 Å². The highest BCUT2D eigenvalue weighted by molar-refractivity contribution is 5.91. The van der Waals surface area contributed by atoms with Crippen LogP contribution < -0.4 is 10.6 Å². The van der Waals surface area contributed by atoms with Gasteiger partial charge in [0.15, 0.2) is 0 Å². The molecule has 2 amide bonds. The molecule has 0 aliphatic heterocycles. The molecule has 0 unspecified atom stereocenters. The summed E-state index contributed by atoms with van der Waals surface area (Å²) in [4.78, 5) is 23.7. The van der Waals surface area contributed by atoms with Gasteiger partial charge in [-0.25, -0.2) is 0 Å². The molecule has 0 aliphatic rings. The lowest BCUT2D eigenvalue weighted by molar-refractivity contribution is -0.120. The zero-order valence-corrected chi connectivity index (χ0v) is 14.2. The van der Waals surface area contributed by atoms with Gasteiger partial charge in [-0.05, 0) is 36.1 Å². The average molecular weight is 335 g/mol. The van der Waals surface area contributed by atoms with Crippen molar-refractivity contribution in [3.8, 4) is 6.07 Å². The zero-order chi connectivity index (χ0) is 18.1. The van der Waals surface area contributed by atoms with Crippen molar-refractivity contribution < 1.29 is 9.59 Å². The van der Waals surface area contributed by atoms with E-state index in [2.05, 4.69) is 10.6 Å². The van der Waals surface area contributed by atoms with Crippen LogP contribution in [0.2, 0.25) is 0 Å². The monoisotopic (exact) mass is 335 g/mol. The highest BCUT2D eigenvalue weighted by Gasteiger charge is 2.09. The third-order valence-electron chi connectivity index (χ3n) is 3.89. The normalized spacial score (nSPS) is 9.92. The van der Waals surface area contributed by atoms with Crippen LogP contribution in [0.4, 0.5) is 5.69 Å². The van der Waals surface area contributed by atoms with E-state index in [-0.39, 0.29) is 24.8 Å². The molecular weight excluding hydrogens is 314 g/mol. The van der Waals surface area contributed by atoms with Crippen molar-refractivity contribution in [2.24, 2.45) is 0 Å². The molecule has 2 N–H and O–H groups in total. The Morgan fingerprint density at radius 1 is 1.00 bits per heavy atom. The number of hydrogen-bond donors (Lipinski definition) is 2. The smallest absolute Gasteiger partial charge is 0.234 e. The van der Waals surface area contributed by atoms with E-state index in [1.54, 1.807) is 12.1 Å². The Balaban J connectivity index is 1.93. The van der Waals surface area contributed by atoms with Gasteiger partial charge in [-0.1, -0.05) is 42.5 Å². The molecule has 2 aromatic rings. The third kappa shape index (κ3) is 5.78. The number of aryl methyl sites for hydroxylation is 2. The van der Waals surface area contributed by atoms with Gasteiger partial charge < -0.3 is 10.6 Å². The maximum absolute atomic E-state index is 12.2. The number of hydrogen-bond acceptors (Lipinski definition) is 3. The van der Waals surface area contributed by atoms with E-state index in [1.165, 1.54) is 5.56 Å². The second-order valence-electron chi connectivity index (χ2n) is 5.74. The molecule has 0 radical (unpaired) electrons. The van der Waals surface area contributed by atoms with E-state index in [4.69, 9.17) is 5.26 Å². The Morgan fingerprint density at radius 2 is 1.68 bits per heavy atom. The number of carbonyl (C=O) groups is 2. The van der Waals surface area contributed by atoms with Crippen molar-refractivity contribution in [3.63, 3.8) is 0 Å². The number of anilines is 1. The molecule has 0 bridgehead atoms. The topological polar surface area (TPSA) is 82.0 Å². The second-order valence-corrected chi connectivity index (χ2v) is 5.74. The first kappa shape index (κ1) is 18.2. The van der Waals surface area contributed by atoms with Crippen molar-refractivity contribution in [1.82, 2.24) is 5.32 Å². The maximum Gasteiger partial charge on any atom is 0.234 e. The minimum absolute atomic E-state index is 0.0703. The van der Waals surface area contributed by atoms with Crippen molar-refractivity contribution in [1.29, 1.82) is 5.26 Å². The van der Waals surface area contributed by atoms with Crippen molar-refractivity contribution in [3.05, 3.63) is 65.2 Å². The molecule has 2 aromatic carbocycles. The lowest BCUT2D eigenvalue weighted by atomic mass is 10.0. The predicted molar refractivity (Wildman–Crippen MR) is 96.6 cm³/mol. The molecule has 0 aromatic heterocycles. The molecule has 25 heavy (non-hydrogen) atoms. The van der Waals surface area contributed by atoms with E-state index < -0.39 is 0 Å². The molecule has 0 atom stereocenters. The molecular formula is C20H21N3O2. The van der Waals surface area contributed by atoms with E-state index in [0.717, 1.165) is 11.1 Å². The molecule has 5 nitrogen and oxygen atoms in total. The summed E-state index contributed by atoms with van der Waals surface area (Å²) in [6, 6.07) is 17.1. The first-order valence-corrected chi connectivity index (χ1v) is 8.16. The first-order chi connectivity index (χ1) is 12.1. The Morgan fingerprint density at radius 3 is 2.40 bits per heavy atom. The van der Waals surface area contributed by atoms with Crippen LogP contribution in [0.15, 0.2) is 48.5 Å². The van der Waals surface area contributed by atoms with Crippen LogP contribution in [0, 0.1) is 18.3 Å². The fourth-order valence-corrected chi connectivity index (χ4v) is 2.48. The van der Waals surface area contributed by atoms with Crippen molar-refractivity contribution >= 4 is 17.5 Å². The number of amides is 2. The molecule has 0 spiro atoms. The average Bonchev–Trinajstić information content (AvgIpc) is 2.60. The highest BCUT2D eigenvalue weighted by Crippen LogP contribution is 2.16. The number of carbonyl (C=O) groups excluding carboxylic acids is 2. The summed E-state index contributed by atoms with van der Waals surface area (Å²) in [7, 11) is 0. The van der Waals surface area contributed by atoms with Gasteiger partial charge in [0.2, 0.25) is 11.8 Å². The Kier molecular flexibility index (Phi) is 6.73. The lowest BCUT2D eigenvalue weighted by Crippen LogP contribution is -2.23. The van der Waals surface area contributed by atoms with Gasteiger partial charge in [0, 0.05) is 18.7 Å². The number of rotatable bonds is 7. The predicted octanol–water partition coefficient (Wildman–Crippen LogP) is 3.10. The van der Waals surface area contributed by atoms with Gasteiger partial charge >= 0.3 is 0 Å². The van der Waals surface area contributed by atoms with Crippen LogP contribution >= 0.6 is 0 Å². The van der Waals surface area contributed by atoms with Gasteiger partial charge in [0.1, 0.15) is 6.42 Å². The molecule has 5 heteroatoms. The second kappa shape index (κ2) is 9.24. The third-order valence-corrected chi connectivity index (χ3v) is 3.89. The summed E-state index contributed by atoms with van der Waals surface area (Å²) in [5, 5.41) is 14.1. The number of para-hydroxylation sites is 1. The molecule has 2 rings (SSSR count). The number of nitrogens with zero attached hydrogens (tertiary/aromatic N) is 1. The van der Waals surface area contributed by atoms with E-state index in [1.807, 2.05) is 49.4 Å². The molecule has 0 fully saturated rings. The summed E-state index contributed by atoms with van der Waals surface area (Å²) in [5.41, 5.74) is 3.82. The van der Waals surface area contributed by atoms with Crippen LogP contribution in [0.25, 0.3) is 0 Å². The minimum atomic E-state index is -0.330. The lowest BCUT2D eigenvalue weighted by Gasteiger charge is -2.12. The fourth-order valence-electron chi connectivity index (χ4n) is 2.48. The summed E-state index contributed by atoms with van der Waals surface area (Å²) < 4.78 is 0. The maximum atomic E-state index is 12.2. The minimum Gasteiger partial charge on any atom is -0.351 e. The van der Waals surface area contributed by atoms with Crippen LogP contribution in [0.5, 0.6) is 0 Å². The molecule has 0 saturated carbocycles. The van der Waals surface area contributed by atoms with Crippen LogP contribution in [-0.2, 0) is 22.6 Å². The quantitative estimate of drug-likeness (QED) is 0.816. The van der Waals surface area contributed by atoms with E-state index in [0.29, 0.717) is 18.5 Å². The number of nitriles is 1. The molecule has 0 aliphatic carbocycles. The van der Waals surface area contributed by atoms with Gasteiger partial charge in [-0.3, -0.25) is 9.59 Å². The van der Waals surface area contributed by atoms with Crippen molar-refractivity contribution in [2.45, 2.75) is 32.7 Å². The standard InChI is InChI=1S/C20H21N3O2/c1-15-6-2-3-7-16(15)10-11-20(25)23-18-9-5-4-8-17(18)14-22-19(24)12-13-21/h2-9H,10-12,14H2,1H3,(H,22,24)(H,23,25). The Hall–Kier alpha value is -3.13. The van der Waals surface area contributed by atoms with Crippen LogP contribution in [0.1, 0.15) is 29.5 Å².